The summed E-state index contributed by atoms with van der Waals surface area (Å²) in [6, 6.07) is 6.15. The predicted molar refractivity (Wildman–Crippen MR) is 85.1 cm³/mol. The van der Waals surface area contributed by atoms with Crippen LogP contribution in [0.25, 0.3) is 0 Å². The van der Waals surface area contributed by atoms with Gasteiger partial charge in [-0.05, 0) is 24.5 Å². The van der Waals surface area contributed by atoms with Crippen LogP contribution in [0.5, 0.6) is 0 Å². The number of hydrogen-bond donors (Lipinski definition) is 0. The number of pyridine rings is 1. The molecule has 0 radical (unpaired) electrons. The molecular formula is C15H24BrN3. The summed E-state index contributed by atoms with van der Waals surface area (Å²) in [5.74, 6) is 1.92. The third-order valence-electron chi connectivity index (χ3n) is 3.78. The highest BCUT2D eigenvalue weighted by Gasteiger charge is 2.19. The molecule has 19 heavy (non-hydrogen) atoms. The number of halogens is 1. The van der Waals surface area contributed by atoms with Crippen molar-refractivity contribution in [2.75, 3.05) is 43.0 Å². The van der Waals surface area contributed by atoms with E-state index in [0.717, 1.165) is 43.2 Å². The molecule has 0 aliphatic carbocycles. The summed E-state index contributed by atoms with van der Waals surface area (Å²) in [5, 5.41) is 1.13. The molecule has 0 saturated carbocycles. The van der Waals surface area contributed by atoms with E-state index in [1.807, 2.05) is 12.3 Å². The maximum absolute atomic E-state index is 4.43. The molecule has 0 spiro atoms. The first-order valence-corrected chi connectivity index (χ1v) is 8.40. The van der Waals surface area contributed by atoms with Gasteiger partial charge in [0.2, 0.25) is 0 Å². The Bertz CT molecular complexity index is 350. The number of hydrogen-bond acceptors (Lipinski definition) is 3. The van der Waals surface area contributed by atoms with E-state index in [2.05, 4.69) is 49.8 Å². The first-order chi connectivity index (χ1) is 9.33. The molecule has 1 aromatic rings. The molecular weight excluding hydrogens is 302 g/mol. The predicted octanol–water partition coefficient (Wildman–Crippen LogP) is 3.01. The van der Waals surface area contributed by atoms with Crippen molar-refractivity contribution in [3.05, 3.63) is 24.4 Å². The van der Waals surface area contributed by atoms with Crippen LogP contribution in [0.2, 0.25) is 0 Å². The zero-order valence-corrected chi connectivity index (χ0v) is 13.3. The van der Waals surface area contributed by atoms with Crippen LogP contribution in [0.3, 0.4) is 0 Å². The molecule has 4 heteroatoms. The summed E-state index contributed by atoms with van der Waals surface area (Å²) < 4.78 is 0. The highest BCUT2D eigenvalue weighted by molar-refractivity contribution is 9.09. The molecule has 3 nitrogen and oxygen atoms in total. The molecule has 1 fully saturated rings. The standard InChI is InChI=1S/C15H24BrN3/c1-2-5-14(12-16)13-18-8-10-19(11-9-18)15-6-3-4-7-17-15/h3-4,6-7,14H,2,5,8-13H2,1H3. The molecule has 1 saturated heterocycles. The van der Waals surface area contributed by atoms with Gasteiger partial charge in [-0.2, -0.15) is 0 Å². The molecule has 1 aliphatic heterocycles. The van der Waals surface area contributed by atoms with Crippen molar-refractivity contribution in [1.82, 2.24) is 9.88 Å². The molecule has 0 aromatic carbocycles. The van der Waals surface area contributed by atoms with Crippen LogP contribution in [0.1, 0.15) is 19.8 Å². The maximum Gasteiger partial charge on any atom is 0.128 e. The normalized spacial score (nSPS) is 18.5. The smallest absolute Gasteiger partial charge is 0.128 e. The quantitative estimate of drug-likeness (QED) is 0.749. The van der Waals surface area contributed by atoms with Gasteiger partial charge in [-0.15, -0.1) is 0 Å². The summed E-state index contributed by atoms with van der Waals surface area (Å²) in [5.41, 5.74) is 0. The maximum atomic E-state index is 4.43. The average Bonchev–Trinajstić information content (AvgIpc) is 2.48. The van der Waals surface area contributed by atoms with Crippen LogP contribution in [0.4, 0.5) is 5.82 Å². The molecule has 1 atom stereocenters. The van der Waals surface area contributed by atoms with Gasteiger partial charge in [0.15, 0.2) is 0 Å². The molecule has 1 unspecified atom stereocenters. The second-order valence-electron chi connectivity index (χ2n) is 5.28. The first kappa shape index (κ1) is 14.8. The van der Waals surface area contributed by atoms with Crippen LogP contribution in [-0.2, 0) is 0 Å². The van der Waals surface area contributed by atoms with Gasteiger partial charge in [0.05, 0.1) is 0 Å². The van der Waals surface area contributed by atoms with Gasteiger partial charge in [0.1, 0.15) is 5.82 Å². The Kier molecular flexibility index (Phi) is 6.11. The molecule has 0 N–H and O–H groups in total. The zero-order chi connectivity index (χ0) is 13.5. The SMILES string of the molecule is CCCC(CBr)CN1CCN(c2ccccn2)CC1. The number of anilines is 1. The zero-order valence-electron chi connectivity index (χ0n) is 11.8. The van der Waals surface area contributed by atoms with E-state index in [1.165, 1.54) is 19.4 Å². The Labute approximate surface area is 125 Å². The minimum Gasteiger partial charge on any atom is -0.354 e. The highest BCUT2D eigenvalue weighted by Crippen LogP contribution is 2.16. The lowest BCUT2D eigenvalue weighted by Crippen LogP contribution is -2.48. The third-order valence-corrected chi connectivity index (χ3v) is 4.69. The number of nitrogens with zero attached hydrogens (tertiary/aromatic N) is 3. The van der Waals surface area contributed by atoms with Gasteiger partial charge in [0.25, 0.3) is 0 Å². The van der Waals surface area contributed by atoms with Crippen molar-refractivity contribution in [2.24, 2.45) is 5.92 Å². The Morgan fingerprint density at radius 2 is 2.05 bits per heavy atom. The van der Waals surface area contributed by atoms with Crippen LogP contribution in [-0.4, -0.2) is 47.9 Å². The van der Waals surface area contributed by atoms with Gasteiger partial charge in [-0.3, -0.25) is 4.90 Å². The Hall–Kier alpha value is -0.610. The second kappa shape index (κ2) is 7.85. The third kappa shape index (κ3) is 4.46. The Balaban J connectivity index is 1.79. The van der Waals surface area contributed by atoms with Crippen molar-refractivity contribution < 1.29 is 0 Å². The number of piperazine rings is 1. The van der Waals surface area contributed by atoms with Crippen molar-refractivity contribution in [3.8, 4) is 0 Å². The monoisotopic (exact) mass is 325 g/mol. The molecule has 2 heterocycles. The van der Waals surface area contributed by atoms with E-state index < -0.39 is 0 Å². The molecule has 106 valence electrons. The second-order valence-corrected chi connectivity index (χ2v) is 5.93. The lowest BCUT2D eigenvalue weighted by atomic mass is 10.1. The number of alkyl halides is 1. The number of rotatable bonds is 6. The first-order valence-electron chi connectivity index (χ1n) is 7.27. The van der Waals surface area contributed by atoms with Crippen LogP contribution in [0, 0.1) is 5.92 Å². The highest BCUT2D eigenvalue weighted by atomic mass is 79.9. The lowest BCUT2D eigenvalue weighted by molar-refractivity contribution is 0.221. The molecule has 2 rings (SSSR count). The van der Waals surface area contributed by atoms with Crippen molar-refractivity contribution in [2.45, 2.75) is 19.8 Å². The van der Waals surface area contributed by atoms with Crippen molar-refractivity contribution in [1.29, 1.82) is 0 Å². The van der Waals surface area contributed by atoms with Gasteiger partial charge in [-0.25, -0.2) is 4.98 Å². The summed E-state index contributed by atoms with van der Waals surface area (Å²) in [7, 11) is 0. The summed E-state index contributed by atoms with van der Waals surface area (Å²) in [4.78, 5) is 9.42. The molecule has 1 aliphatic rings. The Morgan fingerprint density at radius 3 is 2.63 bits per heavy atom. The summed E-state index contributed by atoms with van der Waals surface area (Å²) in [6.07, 6.45) is 4.49. The fraction of sp³-hybridized carbons (Fsp3) is 0.667. The van der Waals surface area contributed by atoms with Crippen LogP contribution >= 0.6 is 15.9 Å². The number of aromatic nitrogens is 1. The average molecular weight is 326 g/mol. The lowest BCUT2D eigenvalue weighted by Gasteiger charge is -2.36. The van der Waals surface area contributed by atoms with Crippen LogP contribution < -0.4 is 4.90 Å². The fourth-order valence-electron chi connectivity index (χ4n) is 2.69. The Morgan fingerprint density at radius 1 is 1.26 bits per heavy atom. The van der Waals surface area contributed by atoms with Gasteiger partial charge in [0, 0.05) is 44.3 Å². The molecule has 0 bridgehead atoms. The van der Waals surface area contributed by atoms with Gasteiger partial charge >= 0.3 is 0 Å². The minimum atomic E-state index is 0.798. The summed E-state index contributed by atoms with van der Waals surface area (Å²) >= 11 is 3.65. The largest absolute Gasteiger partial charge is 0.354 e. The van der Waals surface area contributed by atoms with E-state index in [1.54, 1.807) is 0 Å². The minimum absolute atomic E-state index is 0.798. The van der Waals surface area contributed by atoms with E-state index in [0.29, 0.717) is 0 Å². The fourth-order valence-corrected chi connectivity index (χ4v) is 3.22. The molecule has 1 aromatic heterocycles. The summed E-state index contributed by atoms with van der Waals surface area (Å²) in [6.45, 7) is 8.01. The van der Waals surface area contributed by atoms with E-state index >= 15 is 0 Å². The van der Waals surface area contributed by atoms with E-state index in [4.69, 9.17) is 0 Å². The van der Waals surface area contributed by atoms with E-state index in [-0.39, 0.29) is 0 Å². The van der Waals surface area contributed by atoms with Crippen LogP contribution in [0.15, 0.2) is 24.4 Å². The van der Waals surface area contributed by atoms with Gasteiger partial charge in [-0.1, -0.05) is 35.3 Å². The van der Waals surface area contributed by atoms with E-state index in [9.17, 15) is 0 Å². The molecule has 0 amide bonds. The van der Waals surface area contributed by atoms with Crippen molar-refractivity contribution >= 4 is 21.7 Å². The van der Waals surface area contributed by atoms with Gasteiger partial charge < -0.3 is 4.90 Å². The van der Waals surface area contributed by atoms with Crippen molar-refractivity contribution in [3.63, 3.8) is 0 Å². The topological polar surface area (TPSA) is 19.4 Å².